The molecule has 2 aromatic rings. The van der Waals surface area contributed by atoms with E-state index in [0.29, 0.717) is 18.0 Å². The van der Waals surface area contributed by atoms with E-state index in [1.165, 1.54) is 41.3 Å². The molecule has 0 saturated heterocycles. The second-order valence-corrected chi connectivity index (χ2v) is 5.69. The molecule has 0 radical (unpaired) electrons. The first-order chi connectivity index (χ1) is 11.0. The Morgan fingerprint density at radius 3 is 2.65 bits per heavy atom. The van der Waals surface area contributed by atoms with E-state index in [4.69, 9.17) is 0 Å². The molecule has 7 heteroatoms. The Balaban J connectivity index is 1.69. The van der Waals surface area contributed by atoms with Gasteiger partial charge in [0.05, 0.1) is 17.4 Å². The number of hydrogen-bond acceptors (Lipinski definition) is 3. The summed E-state index contributed by atoms with van der Waals surface area (Å²) >= 11 is 0. The Kier molecular flexibility index (Phi) is 4.10. The third kappa shape index (κ3) is 3.74. The van der Waals surface area contributed by atoms with Crippen molar-refractivity contribution in [2.75, 3.05) is 0 Å². The number of aromatic nitrogens is 2. The summed E-state index contributed by atoms with van der Waals surface area (Å²) in [6.45, 7) is 0. The van der Waals surface area contributed by atoms with Crippen molar-refractivity contribution >= 4 is 11.9 Å². The number of carbonyl (C=O) groups is 2. The number of halogens is 1. The van der Waals surface area contributed by atoms with E-state index in [2.05, 4.69) is 10.4 Å². The van der Waals surface area contributed by atoms with Crippen molar-refractivity contribution in [2.45, 2.75) is 25.3 Å². The first-order valence-corrected chi connectivity index (χ1v) is 7.37. The molecule has 6 nitrogen and oxygen atoms in total. The summed E-state index contributed by atoms with van der Waals surface area (Å²) in [6.07, 6.45) is 5.32. The van der Waals surface area contributed by atoms with Gasteiger partial charge in [-0.3, -0.25) is 4.79 Å². The molecule has 3 rings (SSSR count). The number of benzene rings is 1. The number of carboxylic acids is 1. The average molecular weight is 317 g/mol. The van der Waals surface area contributed by atoms with Crippen molar-refractivity contribution in [3.63, 3.8) is 0 Å². The van der Waals surface area contributed by atoms with Gasteiger partial charge >= 0.3 is 5.97 Å². The SMILES string of the molecule is O=C(NC(CC1CC1)C(=O)O)c1cnn(-c2ccc(F)cc2)c1. The summed E-state index contributed by atoms with van der Waals surface area (Å²) < 4.78 is 14.4. The van der Waals surface area contributed by atoms with Gasteiger partial charge in [0, 0.05) is 6.20 Å². The predicted octanol–water partition coefficient (Wildman–Crippen LogP) is 1.99. The molecule has 120 valence electrons. The molecule has 1 aromatic heterocycles. The lowest BCUT2D eigenvalue weighted by atomic mass is 10.1. The fourth-order valence-electron chi connectivity index (χ4n) is 2.33. The summed E-state index contributed by atoms with van der Waals surface area (Å²) in [7, 11) is 0. The molecule has 1 aliphatic carbocycles. The molecule has 1 fully saturated rings. The maximum atomic E-state index is 12.9. The highest BCUT2D eigenvalue weighted by Gasteiger charge is 2.30. The summed E-state index contributed by atoms with van der Waals surface area (Å²) in [5.41, 5.74) is 0.870. The maximum absolute atomic E-state index is 12.9. The lowest BCUT2D eigenvalue weighted by molar-refractivity contribution is -0.139. The number of nitrogens with one attached hydrogen (secondary N) is 1. The number of carboxylic acid groups (broad SMARTS) is 1. The Labute approximate surface area is 131 Å². The highest BCUT2D eigenvalue weighted by atomic mass is 19.1. The Morgan fingerprint density at radius 2 is 2.04 bits per heavy atom. The van der Waals surface area contributed by atoms with E-state index in [1.54, 1.807) is 0 Å². The number of carbonyl (C=O) groups excluding carboxylic acids is 1. The summed E-state index contributed by atoms with van der Waals surface area (Å²) in [5, 5.41) is 15.8. The molecule has 1 saturated carbocycles. The molecule has 2 N–H and O–H groups in total. The van der Waals surface area contributed by atoms with Crippen molar-refractivity contribution in [3.05, 3.63) is 48.0 Å². The van der Waals surface area contributed by atoms with Gasteiger partial charge in [-0.15, -0.1) is 0 Å². The fraction of sp³-hybridized carbons (Fsp3) is 0.312. The second-order valence-electron chi connectivity index (χ2n) is 5.69. The number of aliphatic carboxylic acids is 1. The zero-order chi connectivity index (χ0) is 16.4. The Morgan fingerprint density at radius 1 is 1.35 bits per heavy atom. The van der Waals surface area contributed by atoms with Gasteiger partial charge in [-0.25, -0.2) is 13.9 Å². The minimum Gasteiger partial charge on any atom is -0.480 e. The van der Waals surface area contributed by atoms with Crippen LogP contribution in [-0.4, -0.2) is 32.8 Å². The van der Waals surface area contributed by atoms with Crippen molar-refractivity contribution in [1.82, 2.24) is 15.1 Å². The van der Waals surface area contributed by atoms with E-state index in [1.807, 2.05) is 0 Å². The topological polar surface area (TPSA) is 84.2 Å². The van der Waals surface area contributed by atoms with Crippen LogP contribution in [0, 0.1) is 11.7 Å². The minimum atomic E-state index is -1.03. The molecule has 0 aliphatic heterocycles. The molecule has 0 bridgehead atoms. The molecule has 1 heterocycles. The van der Waals surface area contributed by atoms with Crippen LogP contribution in [0.15, 0.2) is 36.7 Å². The average Bonchev–Trinajstić information content (AvgIpc) is 3.20. The monoisotopic (exact) mass is 317 g/mol. The molecule has 1 aromatic carbocycles. The summed E-state index contributed by atoms with van der Waals surface area (Å²) in [6, 6.07) is 4.79. The Hall–Kier alpha value is -2.70. The quantitative estimate of drug-likeness (QED) is 0.853. The van der Waals surface area contributed by atoms with Gasteiger partial charge in [0.1, 0.15) is 11.9 Å². The van der Waals surface area contributed by atoms with Crippen LogP contribution < -0.4 is 5.32 Å². The highest BCUT2D eigenvalue weighted by Crippen LogP contribution is 2.33. The van der Waals surface area contributed by atoms with Gasteiger partial charge < -0.3 is 10.4 Å². The zero-order valence-corrected chi connectivity index (χ0v) is 12.3. The first kappa shape index (κ1) is 15.2. The van der Waals surface area contributed by atoms with Crippen LogP contribution in [0.2, 0.25) is 0 Å². The summed E-state index contributed by atoms with van der Waals surface area (Å²) in [5.74, 6) is -1.48. The third-order valence-corrected chi connectivity index (χ3v) is 3.81. The smallest absolute Gasteiger partial charge is 0.326 e. The van der Waals surface area contributed by atoms with Crippen LogP contribution in [0.5, 0.6) is 0 Å². The largest absolute Gasteiger partial charge is 0.480 e. The normalized spacial score (nSPS) is 15.2. The number of hydrogen-bond donors (Lipinski definition) is 2. The molecule has 23 heavy (non-hydrogen) atoms. The van der Waals surface area contributed by atoms with E-state index in [-0.39, 0.29) is 11.4 Å². The lowest BCUT2D eigenvalue weighted by Gasteiger charge is -2.13. The van der Waals surface area contributed by atoms with E-state index >= 15 is 0 Å². The highest BCUT2D eigenvalue weighted by molar-refractivity contribution is 5.96. The fourth-order valence-corrected chi connectivity index (χ4v) is 2.33. The van der Waals surface area contributed by atoms with Crippen LogP contribution in [0.1, 0.15) is 29.6 Å². The van der Waals surface area contributed by atoms with Crippen molar-refractivity contribution in [2.24, 2.45) is 5.92 Å². The van der Waals surface area contributed by atoms with Gasteiger partial charge in [0.15, 0.2) is 0 Å². The van der Waals surface area contributed by atoms with Crippen LogP contribution in [0.25, 0.3) is 5.69 Å². The van der Waals surface area contributed by atoms with Gasteiger partial charge in [0.25, 0.3) is 5.91 Å². The predicted molar refractivity (Wildman–Crippen MR) is 79.8 cm³/mol. The standard InChI is InChI=1S/C16H16FN3O3/c17-12-3-5-13(6-4-12)20-9-11(8-18-20)15(21)19-14(16(22)23)7-10-1-2-10/h3-6,8-10,14H,1-2,7H2,(H,19,21)(H,22,23). The zero-order valence-electron chi connectivity index (χ0n) is 12.3. The molecular formula is C16H16FN3O3. The van der Waals surface area contributed by atoms with Gasteiger partial charge in [0.2, 0.25) is 0 Å². The minimum absolute atomic E-state index is 0.261. The van der Waals surface area contributed by atoms with Crippen LogP contribution in [0.3, 0.4) is 0 Å². The van der Waals surface area contributed by atoms with Crippen molar-refractivity contribution < 1.29 is 19.1 Å². The van der Waals surface area contributed by atoms with E-state index in [9.17, 15) is 19.1 Å². The molecule has 1 aliphatic rings. The van der Waals surface area contributed by atoms with Crippen LogP contribution in [0.4, 0.5) is 4.39 Å². The molecule has 0 spiro atoms. The van der Waals surface area contributed by atoms with Gasteiger partial charge in [-0.1, -0.05) is 12.8 Å². The van der Waals surface area contributed by atoms with Crippen molar-refractivity contribution in [3.8, 4) is 5.69 Å². The van der Waals surface area contributed by atoms with Crippen LogP contribution >= 0.6 is 0 Å². The number of amides is 1. The molecule has 1 unspecified atom stereocenters. The molecule has 1 atom stereocenters. The van der Waals surface area contributed by atoms with Gasteiger partial charge in [-0.05, 0) is 36.6 Å². The second kappa shape index (κ2) is 6.20. The first-order valence-electron chi connectivity index (χ1n) is 7.37. The van der Waals surface area contributed by atoms with Crippen molar-refractivity contribution in [1.29, 1.82) is 0 Å². The van der Waals surface area contributed by atoms with Crippen LogP contribution in [-0.2, 0) is 4.79 Å². The van der Waals surface area contributed by atoms with E-state index in [0.717, 1.165) is 12.8 Å². The Bertz CT molecular complexity index is 722. The summed E-state index contributed by atoms with van der Waals surface area (Å²) in [4.78, 5) is 23.4. The van der Waals surface area contributed by atoms with Gasteiger partial charge in [-0.2, -0.15) is 5.10 Å². The molecule has 1 amide bonds. The maximum Gasteiger partial charge on any atom is 0.326 e. The third-order valence-electron chi connectivity index (χ3n) is 3.81. The number of nitrogens with zero attached hydrogens (tertiary/aromatic N) is 2. The number of rotatable bonds is 6. The van der Waals surface area contributed by atoms with E-state index < -0.39 is 17.9 Å². The lowest BCUT2D eigenvalue weighted by Crippen LogP contribution is -2.41. The molecular weight excluding hydrogens is 301 g/mol.